The Hall–Kier alpha value is -0.0400. The third kappa shape index (κ3) is 0.752. The molecule has 2 rings (SSSR count). The van der Waals surface area contributed by atoms with Crippen molar-refractivity contribution in [1.82, 2.24) is 5.32 Å². The standard InChI is InChI=1S/C7H13N/c1-3-8-4-2-7-5-6(1)7/h6-8H,1-5H2/t6-,7+. The first-order valence-electron chi connectivity index (χ1n) is 3.67. The molecule has 1 saturated carbocycles. The van der Waals surface area contributed by atoms with Gasteiger partial charge in [-0.1, -0.05) is 0 Å². The Kier molecular flexibility index (Phi) is 1.04. The first kappa shape index (κ1) is 4.80. The SMILES string of the molecule is C1C[C@@H]2C[C@@H]2CCN1. The molecule has 1 aliphatic carbocycles. The lowest BCUT2D eigenvalue weighted by molar-refractivity contribution is 0.651. The van der Waals surface area contributed by atoms with Crippen LogP contribution in [0.25, 0.3) is 0 Å². The van der Waals surface area contributed by atoms with Gasteiger partial charge < -0.3 is 5.32 Å². The van der Waals surface area contributed by atoms with E-state index in [1.807, 2.05) is 0 Å². The molecule has 1 aliphatic heterocycles. The molecule has 2 aliphatic rings. The minimum Gasteiger partial charge on any atom is -0.317 e. The molecule has 0 aromatic carbocycles. The predicted molar refractivity (Wildman–Crippen MR) is 33.7 cm³/mol. The number of hydrogen-bond acceptors (Lipinski definition) is 1. The Morgan fingerprint density at radius 1 is 1.00 bits per heavy atom. The van der Waals surface area contributed by atoms with Gasteiger partial charge >= 0.3 is 0 Å². The first-order valence-corrected chi connectivity index (χ1v) is 3.67. The molecule has 0 aromatic rings. The molecule has 1 heteroatoms. The smallest absolute Gasteiger partial charge is 0.00462 e. The Morgan fingerprint density at radius 2 is 1.62 bits per heavy atom. The van der Waals surface area contributed by atoms with E-state index in [9.17, 15) is 0 Å². The summed E-state index contributed by atoms with van der Waals surface area (Å²) in [6, 6.07) is 0. The van der Waals surface area contributed by atoms with Gasteiger partial charge in [0, 0.05) is 0 Å². The summed E-state index contributed by atoms with van der Waals surface area (Å²) in [5.41, 5.74) is 0. The fourth-order valence-electron chi connectivity index (χ4n) is 1.72. The number of hydrogen-bond donors (Lipinski definition) is 1. The first-order chi connectivity index (χ1) is 3.97. The highest BCUT2D eigenvalue weighted by Gasteiger charge is 2.36. The van der Waals surface area contributed by atoms with E-state index in [0.29, 0.717) is 0 Å². The van der Waals surface area contributed by atoms with Gasteiger partial charge in [0.15, 0.2) is 0 Å². The van der Waals surface area contributed by atoms with E-state index in [0.717, 1.165) is 11.8 Å². The minimum absolute atomic E-state index is 1.13. The second kappa shape index (κ2) is 1.73. The molecule has 0 aromatic heterocycles. The van der Waals surface area contributed by atoms with Crippen molar-refractivity contribution in [3.63, 3.8) is 0 Å². The summed E-state index contributed by atoms with van der Waals surface area (Å²) in [5.74, 6) is 2.26. The second-order valence-electron chi connectivity index (χ2n) is 3.08. The monoisotopic (exact) mass is 111 g/mol. The molecule has 0 bridgehead atoms. The van der Waals surface area contributed by atoms with Crippen LogP contribution in [0.2, 0.25) is 0 Å². The maximum absolute atomic E-state index is 3.41. The van der Waals surface area contributed by atoms with Crippen molar-refractivity contribution in [2.24, 2.45) is 11.8 Å². The molecule has 1 heterocycles. The summed E-state index contributed by atoms with van der Waals surface area (Å²) in [6.07, 6.45) is 4.44. The molecule has 8 heavy (non-hydrogen) atoms. The Labute approximate surface area is 50.5 Å². The largest absolute Gasteiger partial charge is 0.317 e. The molecule has 46 valence electrons. The molecule has 1 saturated heterocycles. The molecule has 0 unspecified atom stereocenters. The predicted octanol–water partition coefficient (Wildman–Crippen LogP) is 1.01. The highest BCUT2D eigenvalue weighted by Crippen LogP contribution is 2.44. The summed E-state index contributed by atoms with van der Waals surface area (Å²) in [6.45, 7) is 2.56. The van der Waals surface area contributed by atoms with Crippen LogP contribution in [0.4, 0.5) is 0 Å². The highest BCUT2D eigenvalue weighted by molar-refractivity contribution is 4.88. The van der Waals surface area contributed by atoms with E-state index in [1.54, 1.807) is 6.42 Å². The molecular formula is C7H13N. The lowest BCUT2D eigenvalue weighted by atomic mass is 10.2. The van der Waals surface area contributed by atoms with Crippen LogP contribution in [0.5, 0.6) is 0 Å². The van der Waals surface area contributed by atoms with Gasteiger partial charge in [-0.25, -0.2) is 0 Å². The van der Waals surface area contributed by atoms with Crippen LogP contribution < -0.4 is 5.32 Å². The van der Waals surface area contributed by atoms with Crippen LogP contribution in [0, 0.1) is 11.8 Å². The molecular weight excluding hydrogens is 98.1 g/mol. The third-order valence-electron chi connectivity index (χ3n) is 2.45. The number of fused-ring (bicyclic) bond motifs is 1. The van der Waals surface area contributed by atoms with E-state index in [1.165, 1.54) is 25.9 Å². The van der Waals surface area contributed by atoms with Gasteiger partial charge in [0.1, 0.15) is 0 Å². The summed E-state index contributed by atoms with van der Waals surface area (Å²) in [5, 5.41) is 3.41. The Balaban J connectivity index is 1.89. The van der Waals surface area contributed by atoms with Crippen LogP contribution in [0.15, 0.2) is 0 Å². The number of rotatable bonds is 0. The van der Waals surface area contributed by atoms with Crippen molar-refractivity contribution in [1.29, 1.82) is 0 Å². The molecule has 2 fully saturated rings. The Morgan fingerprint density at radius 3 is 2.25 bits per heavy atom. The van der Waals surface area contributed by atoms with Gasteiger partial charge in [-0.2, -0.15) is 0 Å². The molecule has 0 spiro atoms. The third-order valence-corrected chi connectivity index (χ3v) is 2.45. The van der Waals surface area contributed by atoms with Crippen molar-refractivity contribution in [2.75, 3.05) is 13.1 Å². The van der Waals surface area contributed by atoms with Crippen molar-refractivity contribution >= 4 is 0 Å². The van der Waals surface area contributed by atoms with Gasteiger partial charge in [-0.15, -0.1) is 0 Å². The maximum atomic E-state index is 3.41. The molecule has 0 radical (unpaired) electrons. The fourth-order valence-corrected chi connectivity index (χ4v) is 1.72. The molecule has 1 nitrogen and oxygen atoms in total. The minimum atomic E-state index is 1.13. The molecule has 2 atom stereocenters. The number of nitrogens with one attached hydrogen (secondary N) is 1. The molecule has 1 N–H and O–H groups in total. The van der Waals surface area contributed by atoms with Crippen molar-refractivity contribution in [2.45, 2.75) is 19.3 Å². The van der Waals surface area contributed by atoms with Crippen LogP contribution in [-0.2, 0) is 0 Å². The van der Waals surface area contributed by atoms with Crippen LogP contribution in [0.1, 0.15) is 19.3 Å². The van der Waals surface area contributed by atoms with E-state index in [-0.39, 0.29) is 0 Å². The summed E-state index contributed by atoms with van der Waals surface area (Å²) >= 11 is 0. The van der Waals surface area contributed by atoms with E-state index in [4.69, 9.17) is 0 Å². The van der Waals surface area contributed by atoms with Crippen LogP contribution >= 0.6 is 0 Å². The van der Waals surface area contributed by atoms with Crippen molar-refractivity contribution < 1.29 is 0 Å². The Bertz CT molecular complexity index is 80.4. The van der Waals surface area contributed by atoms with Gasteiger partial charge in [-0.05, 0) is 44.2 Å². The van der Waals surface area contributed by atoms with Crippen molar-refractivity contribution in [3.05, 3.63) is 0 Å². The van der Waals surface area contributed by atoms with Gasteiger partial charge in [0.05, 0.1) is 0 Å². The quantitative estimate of drug-likeness (QED) is 0.492. The second-order valence-corrected chi connectivity index (χ2v) is 3.08. The van der Waals surface area contributed by atoms with E-state index < -0.39 is 0 Å². The fraction of sp³-hybridized carbons (Fsp3) is 1.00. The average molecular weight is 111 g/mol. The maximum Gasteiger partial charge on any atom is -0.00462 e. The lowest BCUT2D eigenvalue weighted by Crippen LogP contribution is -2.14. The van der Waals surface area contributed by atoms with E-state index in [2.05, 4.69) is 5.32 Å². The van der Waals surface area contributed by atoms with Crippen LogP contribution in [0.3, 0.4) is 0 Å². The van der Waals surface area contributed by atoms with Crippen LogP contribution in [-0.4, -0.2) is 13.1 Å². The molecule has 0 amide bonds. The topological polar surface area (TPSA) is 12.0 Å². The zero-order valence-corrected chi connectivity index (χ0v) is 5.19. The summed E-state index contributed by atoms with van der Waals surface area (Å²) < 4.78 is 0. The van der Waals surface area contributed by atoms with Gasteiger partial charge in [-0.3, -0.25) is 0 Å². The zero-order valence-electron chi connectivity index (χ0n) is 5.19. The van der Waals surface area contributed by atoms with Gasteiger partial charge in [0.25, 0.3) is 0 Å². The van der Waals surface area contributed by atoms with E-state index >= 15 is 0 Å². The summed E-state index contributed by atoms with van der Waals surface area (Å²) in [4.78, 5) is 0. The zero-order chi connectivity index (χ0) is 5.40. The average Bonchev–Trinajstić information content (AvgIpc) is 2.36. The lowest BCUT2D eigenvalue weighted by Gasteiger charge is -1.95. The highest BCUT2D eigenvalue weighted by atomic mass is 14.9. The summed E-state index contributed by atoms with van der Waals surface area (Å²) in [7, 11) is 0. The normalized spacial score (nSPS) is 45.0. The van der Waals surface area contributed by atoms with Gasteiger partial charge in [0.2, 0.25) is 0 Å². The van der Waals surface area contributed by atoms with Crippen molar-refractivity contribution in [3.8, 4) is 0 Å².